The molecule has 0 bridgehead atoms. The molecule has 21 heavy (non-hydrogen) atoms. The van der Waals surface area contributed by atoms with E-state index in [0.29, 0.717) is 23.1 Å². The molecule has 0 aliphatic rings. The van der Waals surface area contributed by atoms with Crippen molar-refractivity contribution in [1.29, 1.82) is 0 Å². The number of carbonyl (C=O) groups excluding carboxylic acids is 1. The van der Waals surface area contributed by atoms with Crippen molar-refractivity contribution in [3.63, 3.8) is 0 Å². The summed E-state index contributed by atoms with van der Waals surface area (Å²) in [5, 5.41) is 0.697. The minimum atomic E-state index is 0.428. The quantitative estimate of drug-likeness (QED) is 0.594. The highest BCUT2D eigenvalue weighted by atomic mass is 35.5. The molecular weight excluding hydrogens is 288 g/mol. The van der Waals surface area contributed by atoms with E-state index in [1.807, 2.05) is 42.5 Å². The van der Waals surface area contributed by atoms with Gasteiger partial charge in [0.25, 0.3) is 0 Å². The zero-order valence-electron chi connectivity index (χ0n) is 11.6. The van der Waals surface area contributed by atoms with E-state index in [1.165, 1.54) is 6.08 Å². The van der Waals surface area contributed by atoms with Gasteiger partial charge in [-0.05, 0) is 41.5 Å². The predicted molar refractivity (Wildman–Crippen MR) is 83.9 cm³/mol. The Kier molecular flexibility index (Phi) is 5.41. The lowest BCUT2D eigenvalue weighted by Gasteiger charge is -2.11. The summed E-state index contributed by atoms with van der Waals surface area (Å²) in [6, 6.07) is 13.0. The van der Waals surface area contributed by atoms with Gasteiger partial charge < -0.3 is 9.47 Å². The summed E-state index contributed by atoms with van der Waals surface area (Å²) in [4.78, 5) is 10.3. The number of halogens is 1. The molecule has 0 amide bonds. The molecule has 4 heteroatoms. The topological polar surface area (TPSA) is 35.5 Å². The van der Waals surface area contributed by atoms with Crippen molar-refractivity contribution < 1.29 is 14.3 Å². The van der Waals surface area contributed by atoms with Gasteiger partial charge in [-0.3, -0.25) is 4.79 Å². The van der Waals surface area contributed by atoms with Crippen molar-refractivity contribution in [1.82, 2.24) is 0 Å². The highest BCUT2D eigenvalue weighted by Crippen LogP contribution is 2.29. The third-order valence-corrected chi connectivity index (χ3v) is 3.11. The van der Waals surface area contributed by atoms with Gasteiger partial charge >= 0.3 is 0 Å². The monoisotopic (exact) mass is 302 g/mol. The lowest BCUT2D eigenvalue weighted by atomic mass is 10.2. The van der Waals surface area contributed by atoms with Crippen LogP contribution in [0.2, 0.25) is 5.02 Å². The van der Waals surface area contributed by atoms with Gasteiger partial charge in [-0.15, -0.1) is 0 Å². The molecule has 108 valence electrons. The molecule has 0 aromatic heterocycles. The van der Waals surface area contributed by atoms with Crippen LogP contribution >= 0.6 is 11.6 Å². The number of rotatable bonds is 6. The molecule has 0 aliphatic heterocycles. The lowest BCUT2D eigenvalue weighted by Crippen LogP contribution is -1.97. The number of allylic oxidation sites excluding steroid dienone is 1. The highest BCUT2D eigenvalue weighted by molar-refractivity contribution is 6.30. The molecule has 0 fully saturated rings. The lowest BCUT2D eigenvalue weighted by molar-refractivity contribution is -0.104. The maximum absolute atomic E-state index is 10.3. The average Bonchev–Trinajstić information content (AvgIpc) is 2.52. The third kappa shape index (κ3) is 4.36. The predicted octanol–water partition coefficient (Wildman–Crippen LogP) is 4.14. The SMILES string of the molecule is COc1cc(/C=C/C=O)ccc1OCc1ccc(Cl)cc1. The number of carbonyl (C=O) groups is 1. The van der Waals surface area contributed by atoms with Gasteiger partial charge in [0.1, 0.15) is 12.9 Å². The second kappa shape index (κ2) is 7.50. The second-order valence-electron chi connectivity index (χ2n) is 4.32. The van der Waals surface area contributed by atoms with Crippen molar-refractivity contribution in [2.45, 2.75) is 6.61 Å². The average molecular weight is 303 g/mol. The molecule has 2 rings (SSSR count). The van der Waals surface area contributed by atoms with Crippen molar-refractivity contribution in [3.8, 4) is 11.5 Å². The number of hydrogen-bond acceptors (Lipinski definition) is 3. The molecular formula is C17H15ClO3. The van der Waals surface area contributed by atoms with Crippen molar-refractivity contribution in [2.75, 3.05) is 7.11 Å². The fraction of sp³-hybridized carbons (Fsp3) is 0.118. The Hall–Kier alpha value is -2.26. The number of hydrogen-bond donors (Lipinski definition) is 0. The fourth-order valence-corrected chi connectivity index (χ4v) is 1.93. The molecule has 0 spiro atoms. The Morgan fingerprint density at radius 1 is 1.10 bits per heavy atom. The van der Waals surface area contributed by atoms with Crippen LogP contribution in [0.1, 0.15) is 11.1 Å². The fourth-order valence-electron chi connectivity index (χ4n) is 1.80. The van der Waals surface area contributed by atoms with E-state index < -0.39 is 0 Å². The first kappa shape index (κ1) is 15.1. The molecule has 2 aromatic carbocycles. The first-order valence-corrected chi connectivity index (χ1v) is 6.78. The maximum atomic E-state index is 10.3. The number of aldehydes is 1. The largest absolute Gasteiger partial charge is 0.493 e. The van der Waals surface area contributed by atoms with Gasteiger partial charge in [0.05, 0.1) is 7.11 Å². The van der Waals surface area contributed by atoms with Crippen LogP contribution in [0.5, 0.6) is 11.5 Å². The van der Waals surface area contributed by atoms with E-state index in [4.69, 9.17) is 21.1 Å². The molecule has 0 N–H and O–H groups in total. The van der Waals surface area contributed by atoms with Crippen LogP contribution in [-0.2, 0) is 11.4 Å². The highest BCUT2D eigenvalue weighted by Gasteiger charge is 2.05. The molecule has 0 saturated heterocycles. The molecule has 0 radical (unpaired) electrons. The van der Waals surface area contributed by atoms with E-state index in [2.05, 4.69) is 0 Å². The van der Waals surface area contributed by atoms with E-state index in [9.17, 15) is 4.79 Å². The number of benzene rings is 2. The van der Waals surface area contributed by atoms with Crippen LogP contribution in [0.15, 0.2) is 48.5 Å². The normalized spacial score (nSPS) is 10.6. The molecule has 2 aromatic rings. The third-order valence-electron chi connectivity index (χ3n) is 2.86. The summed E-state index contributed by atoms with van der Waals surface area (Å²) in [7, 11) is 1.58. The molecule has 0 heterocycles. The molecule has 0 atom stereocenters. The first-order valence-electron chi connectivity index (χ1n) is 6.40. The van der Waals surface area contributed by atoms with E-state index in [1.54, 1.807) is 13.2 Å². The number of ether oxygens (including phenoxy) is 2. The minimum Gasteiger partial charge on any atom is -0.493 e. The summed E-state index contributed by atoms with van der Waals surface area (Å²) in [5.41, 5.74) is 1.89. The Labute approximate surface area is 128 Å². The summed E-state index contributed by atoms with van der Waals surface area (Å²) >= 11 is 5.84. The van der Waals surface area contributed by atoms with Crippen LogP contribution in [0, 0.1) is 0 Å². The zero-order valence-corrected chi connectivity index (χ0v) is 12.3. The van der Waals surface area contributed by atoms with Gasteiger partial charge in [0, 0.05) is 5.02 Å². The Balaban J connectivity index is 2.10. The summed E-state index contributed by atoms with van der Waals surface area (Å²) in [6.07, 6.45) is 3.87. The molecule has 0 aliphatic carbocycles. The van der Waals surface area contributed by atoms with Crippen LogP contribution in [0.3, 0.4) is 0 Å². The van der Waals surface area contributed by atoms with Crippen LogP contribution in [0.25, 0.3) is 6.08 Å². The van der Waals surface area contributed by atoms with Gasteiger partial charge in [-0.1, -0.05) is 35.9 Å². The van der Waals surface area contributed by atoms with E-state index in [-0.39, 0.29) is 0 Å². The van der Waals surface area contributed by atoms with Gasteiger partial charge in [0.15, 0.2) is 11.5 Å². The van der Waals surface area contributed by atoms with Crippen molar-refractivity contribution >= 4 is 24.0 Å². The maximum Gasteiger partial charge on any atom is 0.161 e. The first-order chi connectivity index (χ1) is 10.2. The van der Waals surface area contributed by atoms with Crippen LogP contribution in [0.4, 0.5) is 0 Å². The Bertz CT molecular complexity index is 633. The van der Waals surface area contributed by atoms with Gasteiger partial charge in [-0.2, -0.15) is 0 Å². The standard InChI is InChI=1S/C17H15ClO3/c1-20-17-11-13(3-2-10-19)6-9-16(17)21-12-14-4-7-15(18)8-5-14/h2-11H,12H2,1H3/b3-2+. The molecule has 3 nitrogen and oxygen atoms in total. The van der Waals surface area contributed by atoms with Gasteiger partial charge in [-0.25, -0.2) is 0 Å². The minimum absolute atomic E-state index is 0.428. The Morgan fingerprint density at radius 2 is 1.86 bits per heavy atom. The van der Waals surface area contributed by atoms with E-state index in [0.717, 1.165) is 17.4 Å². The van der Waals surface area contributed by atoms with Crippen LogP contribution in [-0.4, -0.2) is 13.4 Å². The molecule has 0 saturated carbocycles. The number of methoxy groups -OCH3 is 1. The van der Waals surface area contributed by atoms with Crippen molar-refractivity contribution in [3.05, 3.63) is 64.7 Å². The van der Waals surface area contributed by atoms with Crippen molar-refractivity contribution in [2.24, 2.45) is 0 Å². The molecule has 0 unspecified atom stereocenters. The zero-order chi connectivity index (χ0) is 15.1. The second-order valence-corrected chi connectivity index (χ2v) is 4.76. The van der Waals surface area contributed by atoms with E-state index >= 15 is 0 Å². The summed E-state index contributed by atoms with van der Waals surface area (Å²) < 4.78 is 11.1. The Morgan fingerprint density at radius 3 is 2.52 bits per heavy atom. The summed E-state index contributed by atoms with van der Waals surface area (Å²) in [6.45, 7) is 0.428. The summed E-state index contributed by atoms with van der Waals surface area (Å²) in [5.74, 6) is 1.27. The van der Waals surface area contributed by atoms with Crippen LogP contribution < -0.4 is 9.47 Å². The smallest absolute Gasteiger partial charge is 0.161 e. The van der Waals surface area contributed by atoms with Gasteiger partial charge in [0.2, 0.25) is 0 Å².